The number of allylic oxidation sites excluding steroid dienone is 4. The van der Waals surface area contributed by atoms with Crippen LogP contribution in [-0.4, -0.2) is 4.57 Å². The molecule has 0 saturated carbocycles. The Labute approximate surface area is 311 Å². The highest BCUT2D eigenvalue weighted by atomic mass is 15.1. The smallest absolute Gasteiger partial charge is 0.0541 e. The van der Waals surface area contributed by atoms with Crippen molar-refractivity contribution in [1.29, 1.82) is 0 Å². The molecule has 1 aliphatic carbocycles. The van der Waals surface area contributed by atoms with Crippen molar-refractivity contribution in [2.75, 3.05) is 4.90 Å². The Balaban J connectivity index is 1.07. The minimum atomic E-state index is -0.0741. The number of para-hydroxylation sites is 2. The van der Waals surface area contributed by atoms with Crippen LogP contribution >= 0.6 is 0 Å². The topological polar surface area (TPSA) is 8.17 Å². The highest BCUT2D eigenvalue weighted by Crippen LogP contribution is 2.50. The standard InChI is InChI=1S/C51H40N2/c1-35(37-15-7-5-8-16-37)23-24-36(2)52-49-22-14-12-20-45(49)46-33-39(27-32-50(46)52)38-25-28-41(29-26-38)53(40-17-9-6-10-18-40)42-30-31-44-43-19-11-13-21-47(43)51(3,4)48(44)34-42/h5-34H,1-2H2,3-4H3. The lowest BCUT2D eigenvalue weighted by Gasteiger charge is -2.28. The molecule has 0 radical (unpaired) electrons. The van der Waals surface area contributed by atoms with Gasteiger partial charge >= 0.3 is 0 Å². The van der Waals surface area contributed by atoms with Crippen LogP contribution in [0.25, 0.3) is 55.3 Å². The van der Waals surface area contributed by atoms with Gasteiger partial charge in [0.25, 0.3) is 0 Å². The molecular weight excluding hydrogens is 641 g/mol. The summed E-state index contributed by atoms with van der Waals surface area (Å²) < 4.78 is 2.25. The fourth-order valence-corrected chi connectivity index (χ4v) is 8.14. The summed E-state index contributed by atoms with van der Waals surface area (Å²) in [6.07, 6.45) is 4.11. The molecule has 0 N–H and O–H groups in total. The minimum Gasteiger partial charge on any atom is -0.310 e. The maximum Gasteiger partial charge on any atom is 0.0541 e. The Morgan fingerprint density at radius 2 is 1.11 bits per heavy atom. The number of aromatic nitrogens is 1. The van der Waals surface area contributed by atoms with Crippen LogP contribution in [0.5, 0.6) is 0 Å². The number of hydrogen-bond acceptors (Lipinski definition) is 1. The molecule has 0 amide bonds. The van der Waals surface area contributed by atoms with Gasteiger partial charge in [0.15, 0.2) is 0 Å². The van der Waals surface area contributed by atoms with Gasteiger partial charge in [-0.2, -0.15) is 0 Å². The summed E-state index contributed by atoms with van der Waals surface area (Å²) in [6.45, 7) is 13.5. The minimum absolute atomic E-state index is 0.0741. The maximum atomic E-state index is 4.49. The van der Waals surface area contributed by atoms with E-state index in [2.05, 4.69) is 200 Å². The Hall–Kier alpha value is -6.64. The molecule has 7 aromatic carbocycles. The molecule has 53 heavy (non-hydrogen) atoms. The number of benzene rings is 7. The van der Waals surface area contributed by atoms with Gasteiger partial charge in [-0.3, -0.25) is 0 Å². The maximum absolute atomic E-state index is 4.49. The number of nitrogens with zero attached hydrogens (tertiary/aromatic N) is 2. The average Bonchev–Trinajstić information content (AvgIpc) is 3.66. The van der Waals surface area contributed by atoms with Gasteiger partial charge < -0.3 is 9.47 Å². The molecule has 0 spiro atoms. The lowest BCUT2D eigenvalue weighted by Crippen LogP contribution is -2.16. The third-order valence-electron chi connectivity index (χ3n) is 10.9. The molecule has 0 atom stereocenters. The molecule has 254 valence electrons. The van der Waals surface area contributed by atoms with E-state index in [9.17, 15) is 0 Å². The van der Waals surface area contributed by atoms with E-state index < -0.39 is 0 Å². The van der Waals surface area contributed by atoms with Crippen LogP contribution in [0.2, 0.25) is 0 Å². The van der Waals surface area contributed by atoms with Gasteiger partial charge in [-0.05, 0) is 105 Å². The number of anilines is 3. The van der Waals surface area contributed by atoms with E-state index in [1.165, 1.54) is 44.2 Å². The van der Waals surface area contributed by atoms with Gasteiger partial charge in [0.1, 0.15) is 0 Å². The van der Waals surface area contributed by atoms with Crippen molar-refractivity contribution in [3.63, 3.8) is 0 Å². The largest absolute Gasteiger partial charge is 0.310 e. The van der Waals surface area contributed by atoms with Crippen LogP contribution in [0.3, 0.4) is 0 Å². The molecule has 8 aromatic rings. The Morgan fingerprint density at radius 1 is 0.509 bits per heavy atom. The Kier molecular flexibility index (Phi) is 7.82. The predicted molar refractivity (Wildman–Crippen MR) is 227 cm³/mol. The first-order chi connectivity index (χ1) is 25.9. The molecule has 1 heterocycles. The lowest BCUT2D eigenvalue weighted by molar-refractivity contribution is 0.660. The summed E-state index contributed by atoms with van der Waals surface area (Å²) >= 11 is 0. The predicted octanol–water partition coefficient (Wildman–Crippen LogP) is 14.0. The van der Waals surface area contributed by atoms with E-state index in [4.69, 9.17) is 0 Å². The molecule has 0 saturated heterocycles. The summed E-state index contributed by atoms with van der Waals surface area (Å²) in [7, 11) is 0. The van der Waals surface area contributed by atoms with Gasteiger partial charge in [-0.1, -0.05) is 148 Å². The fourth-order valence-electron chi connectivity index (χ4n) is 8.14. The number of hydrogen-bond donors (Lipinski definition) is 0. The summed E-state index contributed by atoms with van der Waals surface area (Å²) in [6, 6.07) is 61.0. The van der Waals surface area contributed by atoms with Crippen molar-refractivity contribution in [3.05, 3.63) is 212 Å². The summed E-state index contributed by atoms with van der Waals surface area (Å²) in [5.74, 6) is 0. The van der Waals surface area contributed by atoms with Crippen LogP contribution in [0.1, 0.15) is 30.5 Å². The molecule has 9 rings (SSSR count). The van der Waals surface area contributed by atoms with Crippen LogP contribution in [0.15, 0.2) is 195 Å². The first-order valence-corrected chi connectivity index (χ1v) is 18.2. The average molecular weight is 681 g/mol. The lowest BCUT2D eigenvalue weighted by atomic mass is 9.82. The van der Waals surface area contributed by atoms with E-state index >= 15 is 0 Å². The zero-order chi connectivity index (χ0) is 36.1. The van der Waals surface area contributed by atoms with Gasteiger partial charge in [-0.15, -0.1) is 0 Å². The highest BCUT2D eigenvalue weighted by Gasteiger charge is 2.35. The van der Waals surface area contributed by atoms with Gasteiger partial charge in [0, 0.05) is 38.9 Å². The summed E-state index contributed by atoms with van der Waals surface area (Å²) in [4.78, 5) is 2.37. The van der Waals surface area contributed by atoms with E-state index in [1.807, 2.05) is 18.2 Å². The second kappa shape index (κ2) is 12.8. The van der Waals surface area contributed by atoms with Crippen LogP contribution in [0.4, 0.5) is 17.1 Å². The SMILES string of the molecule is C=C(C=CC(=C)n1c2ccccc2c2cc(-c3ccc(N(c4ccccc4)c4ccc5c(c4)C(C)(C)c4ccccc4-5)cc3)ccc21)c1ccccc1. The van der Waals surface area contributed by atoms with Crippen molar-refractivity contribution in [3.8, 4) is 22.3 Å². The quantitative estimate of drug-likeness (QED) is 0.145. The van der Waals surface area contributed by atoms with Crippen molar-refractivity contribution in [1.82, 2.24) is 4.57 Å². The van der Waals surface area contributed by atoms with E-state index in [-0.39, 0.29) is 5.41 Å². The van der Waals surface area contributed by atoms with E-state index in [1.54, 1.807) is 0 Å². The van der Waals surface area contributed by atoms with E-state index in [0.717, 1.165) is 44.9 Å². The molecule has 0 bridgehead atoms. The second-order valence-electron chi connectivity index (χ2n) is 14.4. The highest BCUT2D eigenvalue weighted by molar-refractivity contribution is 6.11. The Bertz CT molecular complexity index is 2710. The van der Waals surface area contributed by atoms with Crippen molar-refractivity contribution < 1.29 is 0 Å². The molecule has 2 heteroatoms. The molecule has 0 fully saturated rings. The number of rotatable bonds is 8. The molecule has 0 aliphatic heterocycles. The molecule has 2 nitrogen and oxygen atoms in total. The number of fused-ring (bicyclic) bond motifs is 6. The normalized spacial score (nSPS) is 12.9. The van der Waals surface area contributed by atoms with Crippen molar-refractivity contribution >= 4 is 50.1 Å². The molecular formula is C51H40N2. The van der Waals surface area contributed by atoms with Crippen LogP contribution in [0, 0.1) is 0 Å². The summed E-state index contributed by atoms with van der Waals surface area (Å²) in [5, 5.41) is 2.40. The van der Waals surface area contributed by atoms with Crippen molar-refractivity contribution in [2.45, 2.75) is 19.3 Å². The van der Waals surface area contributed by atoms with Gasteiger partial charge in [-0.25, -0.2) is 0 Å². The molecule has 1 aliphatic rings. The monoisotopic (exact) mass is 680 g/mol. The fraction of sp³-hybridized carbons (Fsp3) is 0.0588. The zero-order valence-corrected chi connectivity index (χ0v) is 30.1. The first-order valence-electron chi connectivity index (χ1n) is 18.2. The zero-order valence-electron chi connectivity index (χ0n) is 30.1. The Morgan fingerprint density at radius 3 is 1.91 bits per heavy atom. The van der Waals surface area contributed by atoms with Crippen LogP contribution < -0.4 is 4.90 Å². The van der Waals surface area contributed by atoms with E-state index in [0.29, 0.717) is 0 Å². The van der Waals surface area contributed by atoms with Gasteiger partial charge in [0.2, 0.25) is 0 Å². The molecule has 1 aromatic heterocycles. The van der Waals surface area contributed by atoms with Crippen molar-refractivity contribution in [2.24, 2.45) is 0 Å². The third kappa shape index (κ3) is 5.51. The van der Waals surface area contributed by atoms with Gasteiger partial charge in [0.05, 0.1) is 11.0 Å². The molecule has 0 unspecified atom stereocenters. The van der Waals surface area contributed by atoms with Crippen LogP contribution in [-0.2, 0) is 5.41 Å². The summed E-state index contributed by atoms with van der Waals surface area (Å²) in [5.41, 5.74) is 16.3. The first kappa shape index (κ1) is 32.3. The second-order valence-corrected chi connectivity index (χ2v) is 14.4. The third-order valence-corrected chi connectivity index (χ3v) is 10.9.